The number of hydrogen-bond donors (Lipinski definition) is 2. The van der Waals surface area contributed by atoms with Crippen molar-refractivity contribution in [2.24, 2.45) is 17.8 Å². The second kappa shape index (κ2) is 6.31. The zero-order chi connectivity index (χ0) is 17.4. The van der Waals surface area contributed by atoms with E-state index in [1.54, 1.807) is 18.2 Å². The molecule has 2 aliphatic carbocycles. The van der Waals surface area contributed by atoms with E-state index in [9.17, 15) is 14.9 Å². The molecular formula is C18H20N4O3. The van der Waals surface area contributed by atoms with Crippen molar-refractivity contribution in [3.8, 4) is 11.3 Å². The van der Waals surface area contributed by atoms with Gasteiger partial charge in [0.05, 0.1) is 10.6 Å². The molecule has 2 N–H and O–H groups in total. The summed E-state index contributed by atoms with van der Waals surface area (Å²) in [7, 11) is 0. The molecule has 2 aromatic rings. The van der Waals surface area contributed by atoms with Gasteiger partial charge in [-0.05, 0) is 37.0 Å². The maximum absolute atomic E-state index is 12.3. The summed E-state index contributed by atoms with van der Waals surface area (Å²) < 4.78 is 0. The van der Waals surface area contributed by atoms with Gasteiger partial charge < -0.3 is 5.32 Å². The second-order valence-electron chi connectivity index (χ2n) is 7.16. The lowest BCUT2D eigenvalue weighted by Gasteiger charge is -2.20. The highest BCUT2D eigenvalue weighted by Crippen LogP contribution is 2.49. The molecule has 7 nitrogen and oxygen atoms in total. The van der Waals surface area contributed by atoms with Crippen LogP contribution in [0.4, 0.5) is 11.5 Å². The first-order valence-electron chi connectivity index (χ1n) is 8.68. The minimum atomic E-state index is -0.433. The summed E-state index contributed by atoms with van der Waals surface area (Å²) >= 11 is 0. The maximum Gasteiger partial charge on any atom is 0.270 e. The molecule has 1 aromatic heterocycles. The highest BCUT2D eigenvalue weighted by molar-refractivity contribution is 5.90. The van der Waals surface area contributed by atoms with Crippen molar-refractivity contribution in [2.75, 3.05) is 5.32 Å². The lowest BCUT2D eigenvalue weighted by Crippen LogP contribution is -2.20. The highest BCUT2D eigenvalue weighted by Gasteiger charge is 2.40. The minimum Gasteiger partial charge on any atom is -0.309 e. The molecule has 130 valence electrons. The van der Waals surface area contributed by atoms with Crippen LogP contribution in [0.1, 0.15) is 32.1 Å². The first-order valence-corrected chi connectivity index (χ1v) is 8.68. The van der Waals surface area contributed by atoms with Crippen molar-refractivity contribution in [3.63, 3.8) is 0 Å². The number of hydrogen-bond acceptors (Lipinski definition) is 4. The lowest BCUT2D eigenvalue weighted by molar-refractivity contribution is -0.384. The molecule has 1 amide bonds. The van der Waals surface area contributed by atoms with Gasteiger partial charge >= 0.3 is 0 Å². The molecule has 0 aliphatic heterocycles. The first kappa shape index (κ1) is 15.8. The van der Waals surface area contributed by atoms with Crippen LogP contribution in [-0.2, 0) is 4.79 Å². The number of nitro benzene ring substituents is 1. The van der Waals surface area contributed by atoms with Gasteiger partial charge in [-0.1, -0.05) is 18.6 Å². The molecule has 2 fully saturated rings. The van der Waals surface area contributed by atoms with Crippen molar-refractivity contribution in [1.29, 1.82) is 0 Å². The van der Waals surface area contributed by atoms with E-state index in [4.69, 9.17) is 0 Å². The fourth-order valence-corrected chi connectivity index (χ4v) is 4.38. The van der Waals surface area contributed by atoms with Gasteiger partial charge in [0.25, 0.3) is 5.69 Å². The molecule has 4 rings (SSSR count). The van der Waals surface area contributed by atoms with E-state index in [2.05, 4.69) is 15.5 Å². The van der Waals surface area contributed by atoms with E-state index >= 15 is 0 Å². The number of H-pyrrole nitrogens is 1. The molecule has 2 aliphatic rings. The molecule has 2 saturated carbocycles. The molecule has 0 spiro atoms. The van der Waals surface area contributed by atoms with Gasteiger partial charge in [0.15, 0.2) is 5.82 Å². The van der Waals surface area contributed by atoms with Crippen molar-refractivity contribution in [1.82, 2.24) is 10.2 Å². The fraction of sp³-hybridized carbons (Fsp3) is 0.444. The Morgan fingerprint density at radius 1 is 1.32 bits per heavy atom. The summed E-state index contributed by atoms with van der Waals surface area (Å²) in [5.41, 5.74) is 1.32. The molecule has 7 heteroatoms. The number of nitrogens with one attached hydrogen (secondary N) is 2. The first-order chi connectivity index (χ1) is 12.1. The Morgan fingerprint density at radius 3 is 2.92 bits per heavy atom. The standard InChI is InChI=1S/C18H20N4O3/c23-18(9-14-7-11-4-5-12(14)6-11)19-17-10-16(20-21-17)13-2-1-3-15(8-13)22(24)25/h1-3,8,10-12,14H,4-7,9H2,(H2,19,20,21,23). The zero-order valence-corrected chi connectivity index (χ0v) is 13.8. The van der Waals surface area contributed by atoms with Crippen LogP contribution in [0.25, 0.3) is 11.3 Å². The number of amides is 1. The Kier molecular flexibility index (Phi) is 3.99. The zero-order valence-electron chi connectivity index (χ0n) is 13.8. The maximum atomic E-state index is 12.3. The number of aromatic nitrogens is 2. The summed E-state index contributed by atoms with van der Waals surface area (Å²) in [6, 6.07) is 8.02. The summed E-state index contributed by atoms with van der Waals surface area (Å²) in [5.74, 6) is 2.50. The number of benzene rings is 1. The van der Waals surface area contributed by atoms with E-state index in [0.717, 1.165) is 11.8 Å². The van der Waals surface area contributed by atoms with E-state index in [0.29, 0.717) is 29.4 Å². The van der Waals surface area contributed by atoms with Crippen LogP contribution < -0.4 is 5.32 Å². The Hall–Kier alpha value is -2.70. The summed E-state index contributed by atoms with van der Waals surface area (Å²) in [5, 5.41) is 20.6. The number of nitrogens with zero attached hydrogens (tertiary/aromatic N) is 2. The molecule has 0 radical (unpaired) electrons. The van der Waals surface area contributed by atoms with Crippen LogP contribution in [-0.4, -0.2) is 21.0 Å². The Bertz CT molecular complexity index is 816. The number of rotatable bonds is 5. The lowest BCUT2D eigenvalue weighted by atomic mass is 9.86. The third kappa shape index (κ3) is 3.26. The fourth-order valence-electron chi connectivity index (χ4n) is 4.38. The van der Waals surface area contributed by atoms with Crippen LogP contribution in [0.2, 0.25) is 0 Å². The predicted octanol–water partition coefficient (Wildman–Crippen LogP) is 3.75. The SMILES string of the molecule is O=C(CC1CC2CCC1C2)Nc1cc(-c2cccc([N+](=O)[O-])c2)[nH]n1. The van der Waals surface area contributed by atoms with Crippen molar-refractivity contribution >= 4 is 17.4 Å². The third-order valence-corrected chi connectivity index (χ3v) is 5.55. The van der Waals surface area contributed by atoms with Gasteiger partial charge in [0, 0.05) is 30.2 Å². The predicted molar refractivity (Wildman–Crippen MR) is 92.9 cm³/mol. The van der Waals surface area contributed by atoms with Gasteiger partial charge in [-0.2, -0.15) is 5.10 Å². The number of carbonyl (C=O) groups excluding carboxylic acids is 1. The van der Waals surface area contributed by atoms with E-state index in [1.807, 2.05) is 0 Å². The number of anilines is 1. The number of aromatic amines is 1. The topological polar surface area (TPSA) is 101 Å². The number of non-ortho nitro benzene ring substituents is 1. The van der Waals surface area contributed by atoms with Crippen molar-refractivity contribution < 1.29 is 9.72 Å². The van der Waals surface area contributed by atoms with Crippen molar-refractivity contribution in [2.45, 2.75) is 32.1 Å². The van der Waals surface area contributed by atoms with Gasteiger partial charge in [-0.25, -0.2) is 0 Å². The largest absolute Gasteiger partial charge is 0.309 e. The average molecular weight is 340 g/mol. The van der Waals surface area contributed by atoms with Crippen molar-refractivity contribution in [3.05, 3.63) is 40.4 Å². The molecule has 25 heavy (non-hydrogen) atoms. The van der Waals surface area contributed by atoms with Crippen LogP contribution in [0.15, 0.2) is 30.3 Å². The molecule has 3 unspecified atom stereocenters. The van der Waals surface area contributed by atoms with E-state index in [-0.39, 0.29) is 11.6 Å². The van der Waals surface area contributed by atoms with Gasteiger partial charge in [-0.3, -0.25) is 20.0 Å². The molecule has 2 bridgehead atoms. The molecular weight excluding hydrogens is 320 g/mol. The van der Waals surface area contributed by atoms with E-state index in [1.165, 1.54) is 37.8 Å². The van der Waals surface area contributed by atoms with E-state index < -0.39 is 4.92 Å². The second-order valence-corrected chi connectivity index (χ2v) is 7.16. The van der Waals surface area contributed by atoms with Crippen LogP contribution in [0.5, 0.6) is 0 Å². The quantitative estimate of drug-likeness (QED) is 0.639. The summed E-state index contributed by atoms with van der Waals surface area (Å²) in [6.07, 6.45) is 5.62. The number of nitro groups is 1. The number of fused-ring (bicyclic) bond motifs is 2. The smallest absolute Gasteiger partial charge is 0.270 e. The molecule has 1 aromatic carbocycles. The Labute approximate surface area is 145 Å². The average Bonchev–Trinajstić information content (AvgIpc) is 3.31. The minimum absolute atomic E-state index is 0.00496. The summed E-state index contributed by atoms with van der Waals surface area (Å²) in [4.78, 5) is 22.7. The third-order valence-electron chi connectivity index (χ3n) is 5.55. The van der Waals surface area contributed by atoms with Crippen LogP contribution in [0, 0.1) is 27.9 Å². The van der Waals surface area contributed by atoms with Gasteiger partial charge in [0.2, 0.25) is 5.91 Å². The van der Waals surface area contributed by atoms with Crippen LogP contribution in [0.3, 0.4) is 0 Å². The highest BCUT2D eigenvalue weighted by atomic mass is 16.6. The molecule has 0 saturated heterocycles. The molecule has 3 atom stereocenters. The van der Waals surface area contributed by atoms with Gasteiger partial charge in [0.1, 0.15) is 0 Å². The Morgan fingerprint density at radius 2 is 2.20 bits per heavy atom. The normalized spacial score (nSPS) is 24.4. The van der Waals surface area contributed by atoms with Crippen LogP contribution >= 0.6 is 0 Å². The number of carbonyl (C=O) groups is 1. The monoisotopic (exact) mass is 340 g/mol. The van der Waals surface area contributed by atoms with Gasteiger partial charge in [-0.15, -0.1) is 0 Å². The Balaban J connectivity index is 1.40. The molecule has 1 heterocycles. The summed E-state index contributed by atoms with van der Waals surface area (Å²) in [6.45, 7) is 0.